The molecule has 0 bridgehead atoms. The van der Waals surface area contributed by atoms with Crippen molar-refractivity contribution in [3.8, 4) is 5.75 Å². The predicted molar refractivity (Wildman–Crippen MR) is 78.7 cm³/mol. The van der Waals surface area contributed by atoms with Crippen molar-refractivity contribution in [2.75, 3.05) is 13.1 Å². The lowest BCUT2D eigenvalue weighted by molar-refractivity contribution is -0.147. The van der Waals surface area contributed by atoms with Gasteiger partial charge in [0.15, 0.2) is 6.10 Å². The van der Waals surface area contributed by atoms with Gasteiger partial charge in [-0.25, -0.2) is 0 Å². The molecule has 0 aliphatic rings. The van der Waals surface area contributed by atoms with Crippen LogP contribution in [0.2, 0.25) is 0 Å². The number of carboxylic acids is 1. The second-order valence-corrected chi connectivity index (χ2v) is 5.28. The number of benzene rings is 1. The first-order valence-electron chi connectivity index (χ1n) is 6.36. The van der Waals surface area contributed by atoms with Gasteiger partial charge in [0.1, 0.15) is 12.3 Å². The number of amides is 1. The molecule has 0 heterocycles. The summed E-state index contributed by atoms with van der Waals surface area (Å²) in [6.07, 6.45) is -0.0219. The van der Waals surface area contributed by atoms with Crippen molar-refractivity contribution in [1.29, 1.82) is 0 Å². The molecule has 0 aliphatic heterocycles. The topological polar surface area (TPSA) is 66.8 Å². The third-order valence-electron chi connectivity index (χ3n) is 2.61. The van der Waals surface area contributed by atoms with E-state index in [4.69, 9.17) is 9.84 Å². The van der Waals surface area contributed by atoms with E-state index < -0.39 is 12.1 Å². The zero-order valence-electron chi connectivity index (χ0n) is 11.5. The van der Waals surface area contributed by atoms with Crippen molar-refractivity contribution in [3.63, 3.8) is 0 Å². The van der Waals surface area contributed by atoms with Crippen LogP contribution < -0.4 is 4.74 Å². The van der Waals surface area contributed by atoms with Crippen molar-refractivity contribution < 1.29 is 19.4 Å². The first-order chi connectivity index (χ1) is 9.43. The number of ether oxygens (including phenoxy) is 1. The second kappa shape index (κ2) is 7.89. The van der Waals surface area contributed by atoms with Crippen molar-refractivity contribution in [1.82, 2.24) is 4.90 Å². The van der Waals surface area contributed by atoms with Crippen LogP contribution in [0.1, 0.15) is 20.3 Å². The third-order valence-corrected chi connectivity index (χ3v) is 3.13. The Kier molecular flexibility index (Phi) is 6.51. The number of hydrogen-bond acceptors (Lipinski definition) is 3. The van der Waals surface area contributed by atoms with E-state index in [1.807, 2.05) is 19.1 Å². The number of nitrogens with zero attached hydrogens (tertiary/aromatic N) is 1. The van der Waals surface area contributed by atoms with Crippen LogP contribution in [-0.2, 0) is 9.59 Å². The summed E-state index contributed by atoms with van der Waals surface area (Å²) in [7, 11) is 0. The largest absolute Gasteiger partial charge is 0.481 e. The molecule has 110 valence electrons. The Bertz CT molecular complexity index is 461. The minimum Gasteiger partial charge on any atom is -0.481 e. The summed E-state index contributed by atoms with van der Waals surface area (Å²) in [5, 5.41) is 8.82. The second-order valence-electron chi connectivity index (χ2n) is 4.37. The molecule has 5 nitrogen and oxygen atoms in total. The molecule has 1 rings (SSSR count). The van der Waals surface area contributed by atoms with Crippen LogP contribution in [0.15, 0.2) is 28.7 Å². The Morgan fingerprint density at radius 3 is 2.45 bits per heavy atom. The summed E-state index contributed by atoms with van der Waals surface area (Å²) in [5.41, 5.74) is 0. The highest BCUT2D eigenvalue weighted by molar-refractivity contribution is 9.10. The number of rotatable bonds is 7. The van der Waals surface area contributed by atoms with Crippen molar-refractivity contribution in [3.05, 3.63) is 28.7 Å². The van der Waals surface area contributed by atoms with E-state index >= 15 is 0 Å². The third kappa shape index (κ3) is 5.21. The van der Waals surface area contributed by atoms with Gasteiger partial charge in [0.05, 0.1) is 0 Å². The van der Waals surface area contributed by atoms with E-state index in [1.54, 1.807) is 19.1 Å². The fourth-order valence-electron chi connectivity index (χ4n) is 1.73. The van der Waals surface area contributed by atoms with Gasteiger partial charge in [0, 0.05) is 11.0 Å². The van der Waals surface area contributed by atoms with Gasteiger partial charge in [-0.15, -0.1) is 0 Å². The molecule has 0 fully saturated rings. The van der Waals surface area contributed by atoms with E-state index in [0.717, 1.165) is 4.47 Å². The zero-order valence-corrected chi connectivity index (χ0v) is 13.1. The van der Waals surface area contributed by atoms with Crippen LogP contribution in [0.4, 0.5) is 0 Å². The molecule has 1 aromatic carbocycles. The zero-order chi connectivity index (χ0) is 15.1. The SMILES string of the molecule is CCCN(CC(=O)O)C(=O)C(C)Oc1ccc(Br)cc1. The Morgan fingerprint density at radius 2 is 1.95 bits per heavy atom. The molecule has 1 N–H and O–H groups in total. The summed E-state index contributed by atoms with van der Waals surface area (Å²) in [6.45, 7) is 3.61. The summed E-state index contributed by atoms with van der Waals surface area (Å²) < 4.78 is 6.45. The van der Waals surface area contributed by atoms with Gasteiger partial charge >= 0.3 is 5.97 Å². The number of hydrogen-bond donors (Lipinski definition) is 1. The molecule has 1 aromatic rings. The minimum absolute atomic E-state index is 0.305. The molecule has 0 spiro atoms. The van der Waals surface area contributed by atoms with Gasteiger partial charge in [0.2, 0.25) is 0 Å². The Balaban J connectivity index is 2.67. The molecule has 1 atom stereocenters. The van der Waals surface area contributed by atoms with Gasteiger partial charge in [0.25, 0.3) is 5.91 Å². The molecule has 0 radical (unpaired) electrons. The van der Waals surface area contributed by atoms with Gasteiger partial charge in [-0.3, -0.25) is 9.59 Å². The van der Waals surface area contributed by atoms with E-state index in [1.165, 1.54) is 4.90 Å². The van der Waals surface area contributed by atoms with Crippen molar-refractivity contribution >= 4 is 27.8 Å². The van der Waals surface area contributed by atoms with E-state index in [9.17, 15) is 9.59 Å². The van der Waals surface area contributed by atoms with Crippen molar-refractivity contribution in [2.24, 2.45) is 0 Å². The molecule has 1 amide bonds. The van der Waals surface area contributed by atoms with Gasteiger partial charge in [-0.2, -0.15) is 0 Å². The van der Waals surface area contributed by atoms with Crippen LogP contribution in [-0.4, -0.2) is 41.1 Å². The predicted octanol–water partition coefficient (Wildman–Crippen LogP) is 2.54. The van der Waals surface area contributed by atoms with E-state index in [-0.39, 0.29) is 12.5 Å². The lowest BCUT2D eigenvalue weighted by Gasteiger charge is -2.24. The molecule has 1 unspecified atom stereocenters. The molecule has 0 aliphatic carbocycles. The molecular formula is C14H18BrNO4. The Hall–Kier alpha value is -1.56. The molecular weight excluding hydrogens is 326 g/mol. The standard InChI is InChI=1S/C14H18BrNO4/c1-3-8-16(9-13(17)18)14(19)10(2)20-12-6-4-11(15)5-7-12/h4-7,10H,3,8-9H2,1-2H3,(H,17,18). The molecule has 0 saturated carbocycles. The highest BCUT2D eigenvalue weighted by atomic mass is 79.9. The Morgan fingerprint density at radius 1 is 1.35 bits per heavy atom. The summed E-state index contributed by atoms with van der Waals surface area (Å²) >= 11 is 3.32. The Labute approximate surface area is 126 Å². The maximum Gasteiger partial charge on any atom is 0.323 e. The summed E-state index contributed by atoms with van der Waals surface area (Å²) in [5.74, 6) is -0.777. The first-order valence-corrected chi connectivity index (χ1v) is 7.16. The van der Waals surface area contributed by atoms with Crippen LogP contribution in [0.25, 0.3) is 0 Å². The van der Waals surface area contributed by atoms with Crippen molar-refractivity contribution in [2.45, 2.75) is 26.4 Å². The fraction of sp³-hybridized carbons (Fsp3) is 0.429. The normalized spacial score (nSPS) is 11.8. The van der Waals surface area contributed by atoms with E-state index in [2.05, 4.69) is 15.9 Å². The molecule has 0 saturated heterocycles. The summed E-state index contributed by atoms with van der Waals surface area (Å²) in [4.78, 5) is 24.2. The smallest absolute Gasteiger partial charge is 0.323 e. The number of carbonyl (C=O) groups excluding carboxylic acids is 1. The molecule has 20 heavy (non-hydrogen) atoms. The highest BCUT2D eigenvalue weighted by Crippen LogP contribution is 2.17. The van der Waals surface area contributed by atoms with Crippen LogP contribution in [0.5, 0.6) is 5.75 Å². The van der Waals surface area contributed by atoms with Gasteiger partial charge in [-0.1, -0.05) is 22.9 Å². The van der Waals surface area contributed by atoms with Gasteiger partial charge < -0.3 is 14.7 Å². The average molecular weight is 344 g/mol. The molecule has 6 heteroatoms. The fourth-order valence-corrected chi connectivity index (χ4v) is 1.99. The lowest BCUT2D eigenvalue weighted by Crippen LogP contribution is -2.43. The maximum absolute atomic E-state index is 12.2. The lowest BCUT2D eigenvalue weighted by atomic mass is 10.3. The number of halogens is 1. The van der Waals surface area contributed by atoms with Gasteiger partial charge in [-0.05, 0) is 37.6 Å². The summed E-state index contributed by atoms with van der Waals surface area (Å²) in [6, 6.07) is 7.12. The monoisotopic (exact) mass is 343 g/mol. The highest BCUT2D eigenvalue weighted by Gasteiger charge is 2.23. The molecule has 0 aromatic heterocycles. The van der Waals surface area contributed by atoms with Crippen LogP contribution in [0.3, 0.4) is 0 Å². The van der Waals surface area contributed by atoms with Crippen LogP contribution >= 0.6 is 15.9 Å². The average Bonchev–Trinajstić information content (AvgIpc) is 2.39. The maximum atomic E-state index is 12.2. The number of aliphatic carboxylic acids is 1. The number of carboxylic acid groups (broad SMARTS) is 1. The quantitative estimate of drug-likeness (QED) is 0.826. The number of carbonyl (C=O) groups is 2. The van der Waals surface area contributed by atoms with Crippen LogP contribution in [0, 0.1) is 0 Å². The van der Waals surface area contributed by atoms with E-state index in [0.29, 0.717) is 18.7 Å². The minimum atomic E-state index is -1.03. The first kappa shape index (κ1) is 16.5.